The number of rotatable bonds is 4. The predicted octanol–water partition coefficient (Wildman–Crippen LogP) is 4.04. The standard InChI is InChI=1S/C9H9Cl4N/c10-2-6-1-7(3-11)9(5-13)14-8(6)4-12/h1H,2-5H2. The zero-order valence-electron chi connectivity index (χ0n) is 7.36. The Morgan fingerprint density at radius 1 is 0.786 bits per heavy atom. The van der Waals surface area contributed by atoms with Gasteiger partial charge in [-0.3, -0.25) is 4.98 Å². The highest BCUT2D eigenvalue weighted by atomic mass is 35.5. The molecule has 0 saturated carbocycles. The Bertz CT molecular complexity index is 256. The van der Waals surface area contributed by atoms with Crippen LogP contribution < -0.4 is 0 Å². The number of hydrogen-bond donors (Lipinski definition) is 0. The van der Waals surface area contributed by atoms with Crippen LogP contribution in [0.25, 0.3) is 0 Å². The van der Waals surface area contributed by atoms with E-state index in [0.717, 1.165) is 22.5 Å². The summed E-state index contributed by atoms with van der Waals surface area (Å²) in [5.74, 6) is 1.46. The third-order valence-corrected chi connectivity index (χ3v) is 2.98. The monoisotopic (exact) mass is 271 g/mol. The molecule has 1 rings (SSSR count). The summed E-state index contributed by atoms with van der Waals surface area (Å²) in [7, 11) is 0. The van der Waals surface area contributed by atoms with Crippen LogP contribution >= 0.6 is 46.4 Å². The van der Waals surface area contributed by atoms with E-state index < -0.39 is 0 Å². The van der Waals surface area contributed by atoms with Crippen molar-refractivity contribution in [2.24, 2.45) is 0 Å². The molecule has 0 atom stereocenters. The summed E-state index contributed by atoms with van der Waals surface area (Å²) in [6.07, 6.45) is 0. The molecule has 14 heavy (non-hydrogen) atoms. The topological polar surface area (TPSA) is 12.9 Å². The van der Waals surface area contributed by atoms with Gasteiger partial charge in [0.25, 0.3) is 0 Å². The van der Waals surface area contributed by atoms with Gasteiger partial charge < -0.3 is 0 Å². The van der Waals surface area contributed by atoms with Crippen LogP contribution in [0.15, 0.2) is 6.07 Å². The lowest BCUT2D eigenvalue weighted by Gasteiger charge is -2.09. The third-order valence-electron chi connectivity index (χ3n) is 1.90. The smallest absolute Gasteiger partial charge is 0.0650 e. The fourth-order valence-corrected chi connectivity index (χ4v) is 2.07. The second-order valence-corrected chi connectivity index (χ2v) is 3.80. The van der Waals surface area contributed by atoms with Gasteiger partial charge in [0.15, 0.2) is 0 Å². The van der Waals surface area contributed by atoms with Gasteiger partial charge in [-0.15, -0.1) is 46.4 Å². The molecular formula is C9H9Cl4N. The number of pyridine rings is 1. The van der Waals surface area contributed by atoms with Gasteiger partial charge in [-0.25, -0.2) is 0 Å². The number of nitrogens with zero attached hydrogens (tertiary/aromatic N) is 1. The van der Waals surface area contributed by atoms with Crippen LogP contribution in [0.4, 0.5) is 0 Å². The minimum atomic E-state index is 0.342. The summed E-state index contributed by atoms with van der Waals surface area (Å²) in [5, 5.41) is 0. The molecule has 0 aliphatic heterocycles. The van der Waals surface area contributed by atoms with Crippen molar-refractivity contribution in [1.29, 1.82) is 0 Å². The van der Waals surface area contributed by atoms with Gasteiger partial charge >= 0.3 is 0 Å². The minimum Gasteiger partial charge on any atom is -0.255 e. The second kappa shape index (κ2) is 6.02. The normalized spacial score (nSPS) is 10.6. The molecule has 0 unspecified atom stereocenters. The van der Waals surface area contributed by atoms with Crippen LogP contribution in [0.3, 0.4) is 0 Å². The highest BCUT2D eigenvalue weighted by Gasteiger charge is 2.09. The Balaban J connectivity index is 3.20. The van der Waals surface area contributed by atoms with Crippen LogP contribution in [-0.4, -0.2) is 4.98 Å². The Hall–Kier alpha value is 0.310. The van der Waals surface area contributed by atoms with E-state index in [2.05, 4.69) is 4.98 Å². The summed E-state index contributed by atoms with van der Waals surface area (Å²) < 4.78 is 0. The van der Waals surface area contributed by atoms with E-state index in [1.165, 1.54) is 0 Å². The van der Waals surface area contributed by atoms with Gasteiger partial charge in [0, 0.05) is 11.8 Å². The first-order valence-electron chi connectivity index (χ1n) is 4.01. The molecule has 0 saturated heterocycles. The molecule has 5 heteroatoms. The van der Waals surface area contributed by atoms with E-state index in [4.69, 9.17) is 46.4 Å². The first-order chi connectivity index (χ1) is 6.76. The molecule has 1 aromatic heterocycles. The van der Waals surface area contributed by atoms with Crippen LogP contribution in [0, 0.1) is 0 Å². The van der Waals surface area contributed by atoms with Crippen molar-refractivity contribution >= 4 is 46.4 Å². The SMILES string of the molecule is ClCc1cc(CCl)c(CCl)nc1CCl. The summed E-state index contributed by atoms with van der Waals surface area (Å²) in [4.78, 5) is 4.32. The summed E-state index contributed by atoms with van der Waals surface area (Å²) in [6.45, 7) is 0. The average Bonchev–Trinajstić information content (AvgIpc) is 2.26. The van der Waals surface area contributed by atoms with Gasteiger partial charge in [0.2, 0.25) is 0 Å². The maximum atomic E-state index is 5.76. The van der Waals surface area contributed by atoms with Crippen LogP contribution in [0.2, 0.25) is 0 Å². The largest absolute Gasteiger partial charge is 0.255 e. The van der Waals surface area contributed by atoms with Crippen molar-refractivity contribution in [3.05, 3.63) is 28.6 Å². The van der Waals surface area contributed by atoms with Gasteiger partial charge in [-0.2, -0.15) is 0 Å². The van der Waals surface area contributed by atoms with Crippen LogP contribution in [0.1, 0.15) is 22.5 Å². The van der Waals surface area contributed by atoms with Crippen molar-refractivity contribution < 1.29 is 0 Å². The number of hydrogen-bond acceptors (Lipinski definition) is 1. The summed E-state index contributed by atoms with van der Waals surface area (Å²) >= 11 is 23.0. The lowest BCUT2D eigenvalue weighted by Crippen LogP contribution is -2.01. The molecule has 0 aliphatic rings. The second-order valence-electron chi connectivity index (χ2n) is 2.73. The Labute approximate surface area is 103 Å². The minimum absolute atomic E-state index is 0.342. The molecule has 0 aliphatic carbocycles. The van der Waals surface area contributed by atoms with E-state index in [-0.39, 0.29) is 0 Å². The predicted molar refractivity (Wildman–Crippen MR) is 62.5 cm³/mol. The molecule has 0 amide bonds. The van der Waals surface area contributed by atoms with Gasteiger partial charge in [-0.05, 0) is 17.2 Å². The van der Waals surface area contributed by atoms with E-state index in [1.807, 2.05) is 6.07 Å². The van der Waals surface area contributed by atoms with Gasteiger partial charge in [-0.1, -0.05) is 0 Å². The van der Waals surface area contributed by atoms with Crippen molar-refractivity contribution in [2.45, 2.75) is 23.5 Å². The molecule has 1 heterocycles. The quantitative estimate of drug-likeness (QED) is 0.754. The van der Waals surface area contributed by atoms with Crippen molar-refractivity contribution in [3.8, 4) is 0 Å². The zero-order chi connectivity index (χ0) is 10.6. The third kappa shape index (κ3) is 2.66. The van der Waals surface area contributed by atoms with Crippen LogP contribution in [-0.2, 0) is 23.5 Å². The molecule has 0 aromatic carbocycles. The Kier molecular flexibility index (Phi) is 5.32. The molecule has 1 aromatic rings. The molecule has 78 valence electrons. The lowest BCUT2D eigenvalue weighted by atomic mass is 10.1. The van der Waals surface area contributed by atoms with Gasteiger partial charge in [0.1, 0.15) is 0 Å². The van der Waals surface area contributed by atoms with E-state index >= 15 is 0 Å². The average molecular weight is 273 g/mol. The highest BCUT2D eigenvalue weighted by Crippen LogP contribution is 2.20. The number of aromatic nitrogens is 1. The summed E-state index contributed by atoms with van der Waals surface area (Å²) in [5.41, 5.74) is 3.41. The molecule has 0 bridgehead atoms. The van der Waals surface area contributed by atoms with Gasteiger partial charge in [0.05, 0.1) is 23.1 Å². The van der Waals surface area contributed by atoms with Crippen molar-refractivity contribution in [3.63, 3.8) is 0 Å². The molecule has 1 nitrogen and oxygen atoms in total. The maximum absolute atomic E-state index is 5.76. The number of halogens is 4. The lowest BCUT2D eigenvalue weighted by molar-refractivity contribution is 1.01. The van der Waals surface area contributed by atoms with E-state index in [0.29, 0.717) is 23.5 Å². The fraction of sp³-hybridized carbons (Fsp3) is 0.444. The van der Waals surface area contributed by atoms with Crippen LogP contribution in [0.5, 0.6) is 0 Å². The fourth-order valence-electron chi connectivity index (χ4n) is 1.15. The molecule has 0 fully saturated rings. The molecule has 0 spiro atoms. The molecule has 0 radical (unpaired) electrons. The van der Waals surface area contributed by atoms with Crippen molar-refractivity contribution in [1.82, 2.24) is 4.98 Å². The number of alkyl halides is 4. The maximum Gasteiger partial charge on any atom is 0.0650 e. The Morgan fingerprint density at radius 2 is 1.21 bits per heavy atom. The van der Waals surface area contributed by atoms with Crippen molar-refractivity contribution in [2.75, 3.05) is 0 Å². The zero-order valence-corrected chi connectivity index (χ0v) is 10.4. The molecular weight excluding hydrogens is 264 g/mol. The molecule has 0 N–H and O–H groups in total. The first kappa shape index (κ1) is 12.4. The first-order valence-corrected chi connectivity index (χ1v) is 6.15. The van der Waals surface area contributed by atoms with E-state index in [1.54, 1.807) is 0 Å². The highest BCUT2D eigenvalue weighted by molar-refractivity contribution is 6.19. The summed E-state index contributed by atoms with van der Waals surface area (Å²) in [6, 6.07) is 1.92. The Morgan fingerprint density at radius 3 is 1.50 bits per heavy atom. The van der Waals surface area contributed by atoms with E-state index in [9.17, 15) is 0 Å².